The SMILES string of the molecule is C=C1[C@H](Oc2ccc(OC)cc2)O[C@H](COC)[C@H](OC)[C@@H]1OC. The van der Waals surface area contributed by atoms with Crippen molar-refractivity contribution < 1.29 is 28.4 Å². The molecule has 0 amide bonds. The van der Waals surface area contributed by atoms with Gasteiger partial charge in [-0.25, -0.2) is 0 Å². The van der Waals surface area contributed by atoms with E-state index < -0.39 is 6.29 Å². The highest BCUT2D eigenvalue weighted by Crippen LogP contribution is 2.30. The maximum atomic E-state index is 5.95. The normalized spacial score (nSPS) is 27.7. The summed E-state index contributed by atoms with van der Waals surface area (Å²) in [6.45, 7) is 4.42. The van der Waals surface area contributed by atoms with E-state index in [9.17, 15) is 0 Å². The van der Waals surface area contributed by atoms with Gasteiger partial charge in [0.05, 0.1) is 13.7 Å². The molecule has 1 aliphatic heterocycles. The molecule has 0 N–H and O–H groups in total. The second kappa shape index (κ2) is 8.31. The molecule has 23 heavy (non-hydrogen) atoms. The molecule has 6 heteroatoms. The zero-order valence-electron chi connectivity index (χ0n) is 14.0. The molecule has 1 aliphatic rings. The van der Waals surface area contributed by atoms with Crippen molar-refractivity contribution in [2.24, 2.45) is 0 Å². The molecule has 1 heterocycles. The molecule has 0 saturated carbocycles. The first-order chi connectivity index (χ1) is 11.1. The summed E-state index contributed by atoms with van der Waals surface area (Å²) in [5.74, 6) is 1.41. The maximum absolute atomic E-state index is 5.95. The molecule has 1 aromatic carbocycles. The van der Waals surface area contributed by atoms with Gasteiger partial charge >= 0.3 is 0 Å². The fraction of sp³-hybridized carbons (Fsp3) is 0.529. The third kappa shape index (κ3) is 4.03. The molecule has 0 aliphatic carbocycles. The fourth-order valence-corrected chi connectivity index (χ4v) is 2.60. The van der Waals surface area contributed by atoms with Crippen LogP contribution >= 0.6 is 0 Å². The van der Waals surface area contributed by atoms with E-state index in [0.29, 0.717) is 17.9 Å². The third-order valence-corrected chi connectivity index (χ3v) is 3.79. The van der Waals surface area contributed by atoms with Crippen LogP contribution in [0.2, 0.25) is 0 Å². The Morgan fingerprint density at radius 1 is 1.00 bits per heavy atom. The monoisotopic (exact) mass is 324 g/mol. The van der Waals surface area contributed by atoms with E-state index >= 15 is 0 Å². The summed E-state index contributed by atoms with van der Waals surface area (Å²) < 4.78 is 33.2. The number of hydrogen-bond donors (Lipinski definition) is 0. The van der Waals surface area contributed by atoms with Crippen LogP contribution < -0.4 is 9.47 Å². The number of methoxy groups -OCH3 is 4. The first-order valence-corrected chi connectivity index (χ1v) is 7.34. The molecule has 0 aromatic heterocycles. The lowest BCUT2D eigenvalue weighted by molar-refractivity contribution is -0.211. The molecule has 1 aromatic rings. The number of ether oxygens (including phenoxy) is 6. The van der Waals surface area contributed by atoms with Crippen LogP contribution in [-0.2, 0) is 18.9 Å². The van der Waals surface area contributed by atoms with Crippen LogP contribution in [0.3, 0.4) is 0 Å². The van der Waals surface area contributed by atoms with Crippen LogP contribution in [0.1, 0.15) is 0 Å². The van der Waals surface area contributed by atoms with E-state index in [2.05, 4.69) is 6.58 Å². The molecule has 128 valence electrons. The van der Waals surface area contributed by atoms with E-state index in [0.717, 1.165) is 5.75 Å². The van der Waals surface area contributed by atoms with Gasteiger partial charge in [-0.15, -0.1) is 0 Å². The second-order valence-corrected chi connectivity index (χ2v) is 5.19. The van der Waals surface area contributed by atoms with Gasteiger partial charge in [0.1, 0.15) is 29.8 Å². The summed E-state index contributed by atoms with van der Waals surface area (Å²) in [5, 5.41) is 0. The third-order valence-electron chi connectivity index (χ3n) is 3.79. The number of benzene rings is 1. The summed E-state index contributed by atoms with van der Waals surface area (Å²) in [4.78, 5) is 0. The summed E-state index contributed by atoms with van der Waals surface area (Å²) in [6, 6.07) is 7.26. The van der Waals surface area contributed by atoms with Crippen LogP contribution in [0.15, 0.2) is 36.4 Å². The Balaban J connectivity index is 2.14. The van der Waals surface area contributed by atoms with Crippen molar-refractivity contribution in [1.29, 1.82) is 0 Å². The largest absolute Gasteiger partial charge is 0.497 e. The van der Waals surface area contributed by atoms with Crippen LogP contribution in [-0.4, -0.2) is 59.6 Å². The van der Waals surface area contributed by atoms with E-state index in [1.165, 1.54) is 0 Å². The van der Waals surface area contributed by atoms with Crippen molar-refractivity contribution in [3.8, 4) is 11.5 Å². The van der Waals surface area contributed by atoms with Gasteiger partial charge in [-0.2, -0.15) is 0 Å². The Morgan fingerprint density at radius 3 is 2.17 bits per heavy atom. The molecule has 1 fully saturated rings. The first kappa shape index (κ1) is 17.7. The molecule has 0 bridgehead atoms. The molecular weight excluding hydrogens is 300 g/mol. The van der Waals surface area contributed by atoms with E-state index in [4.69, 9.17) is 28.4 Å². The van der Waals surface area contributed by atoms with Crippen molar-refractivity contribution in [2.45, 2.75) is 24.6 Å². The lowest BCUT2D eigenvalue weighted by Crippen LogP contribution is -2.54. The van der Waals surface area contributed by atoms with Gasteiger partial charge in [-0.1, -0.05) is 6.58 Å². The van der Waals surface area contributed by atoms with Crippen LogP contribution in [0.4, 0.5) is 0 Å². The Kier molecular flexibility index (Phi) is 6.41. The van der Waals surface area contributed by atoms with Gasteiger partial charge in [-0.05, 0) is 24.3 Å². The molecule has 0 unspecified atom stereocenters. The van der Waals surface area contributed by atoms with Gasteiger partial charge in [-0.3, -0.25) is 0 Å². The van der Waals surface area contributed by atoms with Crippen LogP contribution in [0.5, 0.6) is 11.5 Å². The van der Waals surface area contributed by atoms with Crippen molar-refractivity contribution in [1.82, 2.24) is 0 Å². The summed E-state index contributed by atoms with van der Waals surface area (Å²) in [5.41, 5.74) is 0.669. The minimum atomic E-state index is -0.639. The van der Waals surface area contributed by atoms with Gasteiger partial charge in [0.25, 0.3) is 0 Å². The van der Waals surface area contributed by atoms with Crippen LogP contribution in [0.25, 0.3) is 0 Å². The predicted octanol–water partition coefficient (Wildman–Crippen LogP) is 2.03. The highest BCUT2D eigenvalue weighted by atomic mass is 16.7. The highest BCUT2D eigenvalue weighted by molar-refractivity contribution is 5.32. The Hall–Kier alpha value is -1.60. The predicted molar refractivity (Wildman–Crippen MR) is 84.9 cm³/mol. The summed E-state index contributed by atoms with van der Waals surface area (Å²) in [6.07, 6.45) is -1.59. The molecular formula is C17H24O6. The van der Waals surface area contributed by atoms with E-state index in [1.807, 2.05) is 24.3 Å². The van der Waals surface area contributed by atoms with Crippen molar-refractivity contribution in [3.05, 3.63) is 36.4 Å². The van der Waals surface area contributed by atoms with E-state index in [-0.39, 0.29) is 18.3 Å². The standard InChI is InChI=1S/C17H24O6/c1-11-15(20-4)16(21-5)14(10-18-2)23-17(11)22-13-8-6-12(19-3)7-9-13/h6-9,14-17H,1,10H2,2-5H3/t14-,15-,16+,17-/m1/s1. The zero-order chi connectivity index (χ0) is 16.8. The molecule has 0 spiro atoms. The van der Waals surface area contributed by atoms with Gasteiger partial charge in [0.2, 0.25) is 6.29 Å². The average molecular weight is 324 g/mol. The molecule has 0 radical (unpaired) electrons. The maximum Gasteiger partial charge on any atom is 0.225 e. The average Bonchev–Trinajstić information content (AvgIpc) is 2.58. The lowest BCUT2D eigenvalue weighted by Gasteiger charge is -2.41. The number of rotatable bonds is 7. The molecule has 2 rings (SSSR count). The highest BCUT2D eigenvalue weighted by Gasteiger charge is 2.43. The lowest BCUT2D eigenvalue weighted by atomic mass is 9.97. The second-order valence-electron chi connectivity index (χ2n) is 5.19. The summed E-state index contributed by atoms with van der Waals surface area (Å²) >= 11 is 0. The molecule has 6 nitrogen and oxygen atoms in total. The summed E-state index contributed by atoms with van der Waals surface area (Å²) in [7, 11) is 6.45. The number of hydrogen-bond acceptors (Lipinski definition) is 6. The van der Waals surface area contributed by atoms with Crippen molar-refractivity contribution in [2.75, 3.05) is 35.0 Å². The molecule has 4 atom stereocenters. The van der Waals surface area contributed by atoms with Crippen molar-refractivity contribution >= 4 is 0 Å². The van der Waals surface area contributed by atoms with Gasteiger partial charge < -0.3 is 28.4 Å². The minimum absolute atomic E-state index is 0.303. The molecule has 1 saturated heterocycles. The van der Waals surface area contributed by atoms with Gasteiger partial charge in [0, 0.05) is 26.9 Å². The van der Waals surface area contributed by atoms with Crippen LogP contribution in [0, 0.1) is 0 Å². The Bertz CT molecular complexity index is 500. The quantitative estimate of drug-likeness (QED) is 0.716. The first-order valence-electron chi connectivity index (χ1n) is 7.34. The Labute approximate surface area is 136 Å². The minimum Gasteiger partial charge on any atom is -0.497 e. The Morgan fingerprint density at radius 2 is 1.65 bits per heavy atom. The fourth-order valence-electron chi connectivity index (χ4n) is 2.60. The topological polar surface area (TPSA) is 55.4 Å². The smallest absolute Gasteiger partial charge is 0.225 e. The van der Waals surface area contributed by atoms with E-state index in [1.54, 1.807) is 28.4 Å². The zero-order valence-corrected chi connectivity index (χ0v) is 14.0. The van der Waals surface area contributed by atoms with Gasteiger partial charge in [0.15, 0.2) is 0 Å². The van der Waals surface area contributed by atoms with Crippen molar-refractivity contribution in [3.63, 3.8) is 0 Å².